The second kappa shape index (κ2) is 6.31. The Morgan fingerprint density at radius 2 is 2.00 bits per heavy atom. The molecular weight excluding hydrogens is 260 g/mol. The third-order valence-corrected chi connectivity index (χ3v) is 3.27. The predicted molar refractivity (Wildman–Crippen MR) is 71.7 cm³/mol. The van der Waals surface area contributed by atoms with Gasteiger partial charge < -0.3 is 15.8 Å². The Kier molecular flexibility index (Phi) is 4.49. The lowest BCUT2D eigenvalue weighted by atomic mass is 10.2. The van der Waals surface area contributed by atoms with Crippen molar-refractivity contribution < 1.29 is 14.3 Å². The fraction of sp³-hybridized carbons (Fsp3) is 0.538. The van der Waals surface area contributed by atoms with Gasteiger partial charge in [0.2, 0.25) is 0 Å². The molecule has 0 bridgehead atoms. The summed E-state index contributed by atoms with van der Waals surface area (Å²) in [7, 11) is 0. The van der Waals surface area contributed by atoms with Gasteiger partial charge >= 0.3 is 5.97 Å². The zero-order chi connectivity index (χ0) is 14.5. The minimum atomic E-state index is -0.885. The highest BCUT2D eigenvalue weighted by atomic mass is 16.5. The van der Waals surface area contributed by atoms with Crippen LogP contribution in [-0.2, 0) is 9.53 Å². The summed E-state index contributed by atoms with van der Waals surface area (Å²) in [6.07, 6.45) is 6.03. The number of amides is 1. The lowest BCUT2D eigenvalue weighted by molar-refractivity contribution is -0.129. The Morgan fingerprint density at radius 1 is 1.35 bits per heavy atom. The Balaban J connectivity index is 1.90. The molecule has 0 aliphatic heterocycles. The van der Waals surface area contributed by atoms with Gasteiger partial charge in [-0.25, -0.2) is 14.8 Å². The highest BCUT2D eigenvalue weighted by molar-refractivity contribution is 5.94. The van der Waals surface area contributed by atoms with Crippen LogP contribution in [0.25, 0.3) is 0 Å². The molecule has 1 saturated carbocycles. The first-order valence-electron chi connectivity index (χ1n) is 6.65. The highest BCUT2D eigenvalue weighted by Crippen LogP contribution is 2.18. The molecule has 0 spiro atoms. The van der Waals surface area contributed by atoms with Gasteiger partial charge in [-0.05, 0) is 19.8 Å². The normalized spacial score (nSPS) is 16.6. The topological polar surface area (TPSA) is 107 Å². The first-order chi connectivity index (χ1) is 9.58. The summed E-state index contributed by atoms with van der Waals surface area (Å²) < 4.78 is 5.06. The van der Waals surface area contributed by atoms with Crippen molar-refractivity contribution in [2.45, 2.75) is 44.8 Å². The van der Waals surface area contributed by atoms with E-state index in [0.29, 0.717) is 0 Å². The van der Waals surface area contributed by atoms with Crippen molar-refractivity contribution in [3.8, 4) is 0 Å². The molecule has 0 radical (unpaired) electrons. The van der Waals surface area contributed by atoms with E-state index in [9.17, 15) is 9.59 Å². The molecule has 1 heterocycles. The number of aromatic nitrogens is 2. The Labute approximate surface area is 116 Å². The number of hydrogen-bond donors (Lipinski definition) is 2. The van der Waals surface area contributed by atoms with Gasteiger partial charge in [0.25, 0.3) is 5.91 Å². The number of nitrogen functional groups attached to an aromatic ring is 1. The van der Waals surface area contributed by atoms with Gasteiger partial charge in [-0.2, -0.15) is 0 Å². The van der Waals surface area contributed by atoms with E-state index in [0.717, 1.165) is 25.7 Å². The molecule has 2 rings (SSSR count). The molecule has 3 N–H and O–H groups in total. The Morgan fingerprint density at radius 3 is 2.65 bits per heavy atom. The van der Waals surface area contributed by atoms with Crippen molar-refractivity contribution in [2.75, 3.05) is 5.73 Å². The summed E-state index contributed by atoms with van der Waals surface area (Å²) in [4.78, 5) is 31.3. The van der Waals surface area contributed by atoms with Crippen LogP contribution < -0.4 is 11.1 Å². The number of anilines is 1. The molecule has 1 atom stereocenters. The second-order valence-corrected chi connectivity index (χ2v) is 4.83. The standard InChI is InChI=1S/C13H18N4O3/c1-8(12(18)17-9-4-2-3-5-9)20-13(19)10-11(14)16-7-6-15-10/h6-9H,2-5H2,1H3,(H2,14,16)(H,17,18). The minimum absolute atomic E-state index is 0.0131. The quantitative estimate of drug-likeness (QED) is 0.783. The van der Waals surface area contributed by atoms with Crippen LogP contribution in [0, 0.1) is 0 Å². The maximum atomic E-state index is 11.9. The predicted octanol–water partition coefficient (Wildman–Crippen LogP) is 0.663. The summed E-state index contributed by atoms with van der Waals surface area (Å²) in [6, 6.07) is 0.185. The van der Waals surface area contributed by atoms with E-state index < -0.39 is 12.1 Å². The maximum absolute atomic E-state index is 11.9. The maximum Gasteiger partial charge on any atom is 0.361 e. The molecule has 1 amide bonds. The Bertz CT molecular complexity index is 500. The van der Waals surface area contributed by atoms with Crippen molar-refractivity contribution in [3.05, 3.63) is 18.1 Å². The number of nitrogens with two attached hydrogens (primary N) is 1. The molecule has 7 heteroatoms. The van der Waals surface area contributed by atoms with Gasteiger partial charge in [0.1, 0.15) is 0 Å². The van der Waals surface area contributed by atoms with Crippen LogP contribution in [0.2, 0.25) is 0 Å². The SMILES string of the molecule is CC(OC(=O)c1nccnc1N)C(=O)NC1CCCC1. The third kappa shape index (κ3) is 3.43. The van der Waals surface area contributed by atoms with E-state index in [1.165, 1.54) is 19.3 Å². The summed E-state index contributed by atoms with van der Waals surface area (Å²) >= 11 is 0. The fourth-order valence-corrected chi connectivity index (χ4v) is 2.16. The average Bonchev–Trinajstić information content (AvgIpc) is 2.91. The van der Waals surface area contributed by atoms with E-state index >= 15 is 0 Å². The zero-order valence-electron chi connectivity index (χ0n) is 11.3. The van der Waals surface area contributed by atoms with E-state index in [1.54, 1.807) is 0 Å². The number of carbonyl (C=O) groups excluding carboxylic acids is 2. The molecule has 0 saturated heterocycles. The Hall–Kier alpha value is -2.18. The number of ether oxygens (including phenoxy) is 1. The summed E-state index contributed by atoms with van der Waals surface area (Å²) in [5.41, 5.74) is 5.45. The van der Waals surface area contributed by atoms with Crippen LogP contribution in [0.5, 0.6) is 0 Å². The number of hydrogen-bond acceptors (Lipinski definition) is 6. The van der Waals surface area contributed by atoms with Gasteiger partial charge in [0, 0.05) is 18.4 Å². The highest BCUT2D eigenvalue weighted by Gasteiger charge is 2.24. The van der Waals surface area contributed by atoms with Crippen LogP contribution in [-0.4, -0.2) is 34.0 Å². The van der Waals surface area contributed by atoms with E-state index in [-0.39, 0.29) is 23.5 Å². The van der Waals surface area contributed by atoms with Crippen molar-refractivity contribution in [1.82, 2.24) is 15.3 Å². The molecule has 1 aromatic heterocycles. The van der Waals surface area contributed by atoms with Crippen LogP contribution in [0.4, 0.5) is 5.82 Å². The summed E-state index contributed by atoms with van der Waals surface area (Å²) in [5, 5.41) is 2.87. The molecule has 0 aromatic carbocycles. The molecule has 1 unspecified atom stereocenters. The smallest absolute Gasteiger partial charge is 0.361 e. The molecule has 108 valence electrons. The molecule has 1 aromatic rings. The molecule has 1 fully saturated rings. The zero-order valence-corrected chi connectivity index (χ0v) is 11.3. The molecule has 1 aliphatic carbocycles. The second-order valence-electron chi connectivity index (χ2n) is 4.83. The third-order valence-electron chi connectivity index (χ3n) is 3.27. The van der Waals surface area contributed by atoms with Gasteiger partial charge in [0.15, 0.2) is 17.6 Å². The van der Waals surface area contributed by atoms with Crippen molar-refractivity contribution >= 4 is 17.7 Å². The van der Waals surface area contributed by atoms with Gasteiger partial charge in [0.05, 0.1) is 0 Å². The molecule has 1 aliphatic rings. The van der Waals surface area contributed by atoms with Crippen LogP contribution in [0.1, 0.15) is 43.1 Å². The fourth-order valence-electron chi connectivity index (χ4n) is 2.16. The number of esters is 1. The van der Waals surface area contributed by atoms with Gasteiger partial charge in [-0.15, -0.1) is 0 Å². The molecule has 20 heavy (non-hydrogen) atoms. The van der Waals surface area contributed by atoms with Crippen LogP contribution in [0.3, 0.4) is 0 Å². The van der Waals surface area contributed by atoms with Crippen molar-refractivity contribution in [2.24, 2.45) is 0 Å². The lowest BCUT2D eigenvalue weighted by Gasteiger charge is -2.17. The number of rotatable bonds is 4. The summed E-state index contributed by atoms with van der Waals surface area (Å²) in [5.74, 6) is -1.06. The van der Waals surface area contributed by atoms with Gasteiger partial charge in [-0.3, -0.25) is 4.79 Å². The summed E-state index contributed by atoms with van der Waals surface area (Å²) in [6.45, 7) is 1.52. The average molecular weight is 278 g/mol. The number of nitrogens with one attached hydrogen (secondary N) is 1. The lowest BCUT2D eigenvalue weighted by Crippen LogP contribution is -2.41. The van der Waals surface area contributed by atoms with E-state index in [2.05, 4.69) is 15.3 Å². The molecule has 7 nitrogen and oxygen atoms in total. The van der Waals surface area contributed by atoms with Crippen LogP contribution in [0.15, 0.2) is 12.4 Å². The van der Waals surface area contributed by atoms with Gasteiger partial charge in [-0.1, -0.05) is 12.8 Å². The van der Waals surface area contributed by atoms with Crippen LogP contribution >= 0.6 is 0 Å². The minimum Gasteiger partial charge on any atom is -0.448 e. The number of carbonyl (C=O) groups is 2. The first kappa shape index (κ1) is 14.2. The first-order valence-corrected chi connectivity index (χ1v) is 6.65. The van der Waals surface area contributed by atoms with Crippen molar-refractivity contribution in [3.63, 3.8) is 0 Å². The monoisotopic (exact) mass is 278 g/mol. The molecular formula is C13H18N4O3. The van der Waals surface area contributed by atoms with E-state index in [1.807, 2.05) is 0 Å². The largest absolute Gasteiger partial charge is 0.448 e. The van der Waals surface area contributed by atoms with Crippen molar-refractivity contribution in [1.29, 1.82) is 0 Å². The van der Waals surface area contributed by atoms with E-state index in [4.69, 9.17) is 10.5 Å². The number of nitrogens with zero attached hydrogens (tertiary/aromatic N) is 2.